The van der Waals surface area contributed by atoms with Crippen molar-refractivity contribution in [3.05, 3.63) is 87.4 Å². The third-order valence-electron chi connectivity index (χ3n) is 4.76. The summed E-state index contributed by atoms with van der Waals surface area (Å²) in [5.41, 5.74) is 2.30. The average Bonchev–Trinajstić information content (AvgIpc) is 2.84. The molecule has 0 aliphatic carbocycles. The van der Waals surface area contributed by atoms with Gasteiger partial charge in [0.05, 0.1) is 12.1 Å². The number of aryl methyl sites for hydroxylation is 1. The van der Waals surface area contributed by atoms with Crippen molar-refractivity contribution in [1.82, 2.24) is 0 Å². The van der Waals surface area contributed by atoms with Gasteiger partial charge in [0, 0.05) is 16.4 Å². The predicted molar refractivity (Wildman–Crippen MR) is 137 cm³/mol. The lowest BCUT2D eigenvalue weighted by atomic mass is 10.1. The molecule has 0 aliphatic heterocycles. The van der Waals surface area contributed by atoms with Gasteiger partial charge in [0.1, 0.15) is 11.6 Å². The number of hydrogen-bond acceptors (Lipinski definition) is 5. The molecule has 0 bridgehead atoms. The Labute approximate surface area is 212 Å². The number of nitrogens with one attached hydrogen (secondary N) is 2. The van der Waals surface area contributed by atoms with E-state index in [1.165, 1.54) is 19.3 Å². The first kappa shape index (κ1) is 25.6. The largest absolute Gasteiger partial charge is 0.493 e. The number of carbonyl (C=O) groups is 2. The summed E-state index contributed by atoms with van der Waals surface area (Å²) in [5, 5.41) is 15.5. The van der Waals surface area contributed by atoms with Crippen molar-refractivity contribution in [3.63, 3.8) is 0 Å². The highest BCUT2D eigenvalue weighted by atomic mass is 35.5. The number of methoxy groups -OCH3 is 1. The van der Waals surface area contributed by atoms with E-state index in [2.05, 4.69) is 10.6 Å². The van der Waals surface area contributed by atoms with Crippen LogP contribution in [0.15, 0.2) is 66.2 Å². The van der Waals surface area contributed by atoms with E-state index in [0.717, 1.165) is 5.56 Å². The number of hydrogen-bond donors (Lipinski definition) is 2. The molecule has 0 atom stereocenters. The van der Waals surface area contributed by atoms with Gasteiger partial charge in [0.25, 0.3) is 11.8 Å². The summed E-state index contributed by atoms with van der Waals surface area (Å²) in [4.78, 5) is 24.8. The topological polar surface area (TPSA) is 100 Å². The van der Waals surface area contributed by atoms with Crippen LogP contribution in [0.3, 0.4) is 0 Å². The van der Waals surface area contributed by atoms with Gasteiger partial charge in [-0.05, 0) is 60.5 Å². The third kappa shape index (κ3) is 7.00. The summed E-state index contributed by atoms with van der Waals surface area (Å²) < 4.78 is 10.9. The normalized spacial score (nSPS) is 10.8. The maximum absolute atomic E-state index is 12.5. The Kier molecular flexibility index (Phi) is 8.74. The highest BCUT2D eigenvalue weighted by Gasteiger charge is 2.16. The fraction of sp³-hybridized carbons (Fsp3) is 0.115. The molecule has 7 nitrogen and oxygen atoms in total. The quantitative estimate of drug-likeness (QED) is 0.292. The van der Waals surface area contributed by atoms with Crippen molar-refractivity contribution < 1.29 is 19.1 Å². The number of ether oxygens (including phenoxy) is 2. The monoisotopic (exact) mass is 509 g/mol. The van der Waals surface area contributed by atoms with Crippen LogP contribution in [0.1, 0.15) is 11.1 Å². The first-order valence-corrected chi connectivity index (χ1v) is 11.1. The summed E-state index contributed by atoms with van der Waals surface area (Å²) in [6.07, 6.45) is 1.38. The SMILES string of the molecule is COc1cc(/C=C(\C#N)C(=O)Nc2ccccc2)cc(Cl)c1OCC(=O)Nc1ccc(C)c(Cl)c1. The molecule has 2 N–H and O–H groups in total. The second kappa shape index (κ2) is 11.9. The molecule has 0 radical (unpaired) electrons. The van der Waals surface area contributed by atoms with Gasteiger partial charge >= 0.3 is 0 Å². The Hall–Kier alpha value is -3.99. The second-order valence-corrected chi connectivity index (χ2v) is 8.14. The molecule has 0 fully saturated rings. The van der Waals surface area contributed by atoms with Gasteiger partial charge in [-0.1, -0.05) is 47.5 Å². The number of nitriles is 1. The summed E-state index contributed by atoms with van der Waals surface area (Å²) in [5.74, 6) is -0.607. The first-order valence-electron chi connectivity index (χ1n) is 10.3. The van der Waals surface area contributed by atoms with Gasteiger partial charge in [-0.15, -0.1) is 0 Å². The number of benzene rings is 3. The van der Waals surface area contributed by atoms with Crippen LogP contribution >= 0.6 is 23.2 Å². The van der Waals surface area contributed by atoms with Crippen LogP contribution in [0, 0.1) is 18.3 Å². The number of anilines is 2. The zero-order valence-corrected chi connectivity index (χ0v) is 20.4. The van der Waals surface area contributed by atoms with E-state index in [-0.39, 0.29) is 28.7 Å². The smallest absolute Gasteiger partial charge is 0.266 e. The standard InChI is InChI=1S/C26H21Cl2N3O4/c1-16-8-9-20(13-21(16)27)30-24(32)15-35-25-22(28)11-17(12-23(25)34-2)10-18(14-29)26(33)31-19-6-4-3-5-7-19/h3-13H,15H2,1-2H3,(H,30,32)(H,31,33)/b18-10+. The molecule has 35 heavy (non-hydrogen) atoms. The molecule has 0 saturated carbocycles. The number of halogens is 2. The minimum absolute atomic E-state index is 0.128. The minimum atomic E-state index is -0.568. The van der Waals surface area contributed by atoms with Gasteiger partial charge in [-0.3, -0.25) is 9.59 Å². The summed E-state index contributed by atoms with van der Waals surface area (Å²) in [6.45, 7) is 1.53. The molecule has 3 aromatic carbocycles. The molecule has 0 heterocycles. The van der Waals surface area contributed by atoms with Crippen LogP contribution in [-0.2, 0) is 9.59 Å². The maximum Gasteiger partial charge on any atom is 0.266 e. The van der Waals surface area contributed by atoms with Gasteiger partial charge in [-0.2, -0.15) is 5.26 Å². The second-order valence-electron chi connectivity index (χ2n) is 7.32. The molecule has 0 unspecified atom stereocenters. The number of nitrogens with zero attached hydrogens (tertiary/aromatic N) is 1. The molecule has 0 saturated heterocycles. The number of rotatable bonds is 8. The lowest BCUT2D eigenvalue weighted by molar-refractivity contribution is -0.118. The van der Waals surface area contributed by atoms with E-state index in [1.54, 1.807) is 48.5 Å². The molecule has 178 valence electrons. The van der Waals surface area contributed by atoms with Crippen molar-refractivity contribution in [2.24, 2.45) is 0 Å². The molecule has 3 rings (SSSR count). The molecule has 0 spiro atoms. The van der Waals surface area contributed by atoms with Crippen LogP contribution in [0.4, 0.5) is 11.4 Å². The summed E-state index contributed by atoms with van der Waals surface area (Å²) in [7, 11) is 1.41. The number of carbonyl (C=O) groups excluding carboxylic acids is 2. The van der Waals surface area contributed by atoms with E-state index in [0.29, 0.717) is 22.0 Å². The lowest BCUT2D eigenvalue weighted by Crippen LogP contribution is -2.20. The zero-order chi connectivity index (χ0) is 25.4. The van der Waals surface area contributed by atoms with E-state index in [4.69, 9.17) is 32.7 Å². The Balaban J connectivity index is 1.73. The van der Waals surface area contributed by atoms with Gasteiger partial charge in [-0.25, -0.2) is 0 Å². The molecule has 3 aromatic rings. The molecule has 0 aliphatic rings. The van der Waals surface area contributed by atoms with E-state index >= 15 is 0 Å². The third-order valence-corrected chi connectivity index (χ3v) is 5.45. The van der Waals surface area contributed by atoms with Crippen LogP contribution in [0.25, 0.3) is 6.08 Å². The molecule has 2 amide bonds. The van der Waals surface area contributed by atoms with E-state index in [9.17, 15) is 14.9 Å². The molecular weight excluding hydrogens is 489 g/mol. The Bertz CT molecular complexity index is 1320. The van der Waals surface area contributed by atoms with Crippen molar-refractivity contribution >= 4 is 52.5 Å². The van der Waals surface area contributed by atoms with Crippen molar-refractivity contribution in [2.75, 3.05) is 24.4 Å². The van der Waals surface area contributed by atoms with Crippen molar-refractivity contribution in [1.29, 1.82) is 5.26 Å². The van der Waals surface area contributed by atoms with Gasteiger partial charge < -0.3 is 20.1 Å². The van der Waals surface area contributed by atoms with Gasteiger partial charge in [0.2, 0.25) is 0 Å². The molecule has 0 aromatic heterocycles. The summed E-state index contributed by atoms with van der Waals surface area (Å²) in [6, 6.07) is 18.9. The van der Waals surface area contributed by atoms with E-state index in [1.807, 2.05) is 19.1 Å². The summed E-state index contributed by atoms with van der Waals surface area (Å²) >= 11 is 12.4. The number of amides is 2. The highest BCUT2D eigenvalue weighted by molar-refractivity contribution is 6.32. The van der Waals surface area contributed by atoms with Crippen molar-refractivity contribution in [2.45, 2.75) is 6.92 Å². The zero-order valence-electron chi connectivity index (χ0n) is 18.9. The van der Waals surface area contributed by atoms with Crippen LogP contribution in [0.2, 0.25) is 10.0 Å². The Morgan fingerprint density at radius 1 is 1.00 bits per heavy atom. The van der Waals surface area contributed by atoms with E-state index < -0.39 is 11.8 Å². The minimum Gasteiger partial charge on any atom is -0.493 e. The van der Waals surface area contributed by atoms with Gasteiger partial charge in [0.15, 0.2) is 18.1 Å². The Morgan fingerprint density at radius 2 is 1.74 bits per heavy atom. The van der Waals surface area contributed by atoms with Crippen LogP contribution in [0.5, 0.6) is 11.5 Å². The highest BCUT2D eigenvalue weighted by Crippen LogP contribution is 2.37. The van der Waals surface area contributed by atoms with Crippen LogP contribution in [-0.4, -0.2) is 25.5 Å². The fourth-order valence-electron chi connectivity index (χ4n) is 3.00. The van der Waals surface area contributed by atoms with Crippen LogP contribution < -0.4 is 20.1 Å². The number of para-hydroxylation sites is 1. The average molecular weight is 510 g/mol. The molecule has 9 heteroatoms. The Morgan fingerprint density at radius 3 is 2.40 bits per heavy atom. The first-order chi connectivity index (χ1) is 16.8. The predicted octanol–water partition coefficient (Wildman–Crippen LogP) is 5.87. The lowest BCUT2D eigenvalue weighted by Gasteiger charge is -2.14. The molecular formula is C26H21Cl2N3O4. The fourth-order valence-corrected chi connectivity index (χ4v) is 3.46. The maximum atomic E-state index is 12.5. The van der Waals surface area contributed by atoms with Crippen molar-refractivity contribution in [3.8, 4) is 17.6 Å².